The van der Waals surface area contributed by atoms with Crippen LogP contribution in [0.25, 0.3) is 0 Å². The molecule has 96 valence electrons. The van der Waals surface area contributed by atoms with Gasteiger partial charge >= 0.3 is 5.97 Å². The number of amides is 1. The highest BCUT2D eigenvalue weighted by atomic mass is 35.5. The molecule has 1 unspecified atom stereocenters. The SMILES string of the molecule is O=C(O)CCCCCN1C(=O)C(Cl)=C(Cl)S1=O. The molecule has 5 nitrogen and oxygen atoms in total. The van der Waals surface area contributed by atoms with Crippen LogP contribution < -0.4 is 0 Å². The van der Waals surface area contributed by atoms with E-state index in [1.807, 2.05) is 0 Å². The number of hydrogen-bond acceptors (Lipinski definition) is 3. The molecule has 8 heteroatoms. The Kier molecular flexibility index (Phi) is 5.42. The summed E-state index contributed by atoms with van der Waals surface area (Å²) >= 11 is 11.2. The van der Waals surface area contributed by atoms with E-state index in [9.17, 15) is 13.8 Å². The fraction of sp³-hybridized carbons (Fsp3) is 0.556. The van der Waals surface area contributed by atoms with E-state index in [1.54, 1.807) is 0 Å². The zero-order valence-corrected chi connectivity index (χ0v) is 11.1. The number of carbonyl (C=O) groups is 2. The van der Waals surface area contributed by atoms with Gasteiger partial charge in [-0.25, -0.2) is 4.21 Å². The molecular formula is C9H11Cl2NO4S. The maximum absolute atomic E-state index is 11.5. The molecule has 0 aromatic carbocycles. The summed E-state index contributed by atoms with van der Waals surface area (Å²) in [5.41, 5.74) is 0. The van der Waals surface area contributed by atoms with Gasteiger partial charge < -0.3 is 5.11 Å². The van der Waals surface area contributed by atoms with Gasteiger partial charge in [0.25, 0.3) is 5.91 Å². The molecule has 0 fully saturated rings. The van der Waals surface area contributed by atoms with Crippen LogP contribution in [0.4, 0.5) is 0 Å². The summed E-state index contributed by atoms with van der Waals surface area (Å²) in [7, 11) is -1.70. The molecule has 0 spiro atoms. The molecule has 1 atom stereocenters. The maximum Gasteiger partial charge on any atom is 0.303 e. The standard InChI is InChI=1S/C9H11Cl2NO4S/c10-7-8(11)17(16)12(9(7)15)5-3-1-2-4-6(13)14/h1-5H2,(H,13,14). The first kappa shape index (κ1) is 14.5. The van der Waals surface area contributed by atoms with Gasteiger partial charge in [-0.05, 0) is 12.8 Å². The highest BCUT2D eigenvalue weighted by Crippen LogP contribution is 2.30. The molecule has 0 aromatic heterocycles. The smallest absolute Gasteiger partial charge is 0.303 e. The molecule has 0 saturated carbocycles. The van der Waals surface area contributed by atoms with Gasteiger partial charge in [0.05, 0.1) is 0 Å². The Morgan fingerprint density at radius 2 is 1.94 bits per heavy atom. The van der Waals surface area contributed by atoms with Crippen molar-refractivity contribution in [1.82, 2.24) is 4.31 Å². The fourth-order valence-corrected chi connectivity index (χ4v) is 2.99. The minimum atomic E-state index is -1.70. The molecule has 1 N–H and O–H groups in total. The van der Waals surface area contributed by atoms with Crippen LogP contribution in [0, 0.1) is 0 Å². The molecule has 0 aliphatic carbocycles. The Hall–Kier alpha value is -0.590. The van der Waals surface area contributed by atoms with Crippen LogP contribution in [0.3, 0.4) is 0 Å². The molecule has 0 radical (unpaired) electrons. The monoisotopic (exact) mass is 299 g/mol. The molecule has 1 amide bonds. The Morgan fingerprint density at radius 1 is 1.29 bits per heavy atom. The second kappa shape index (κ2) is 6.37. The third kappa shape index (κ3) is 3.69. The second-order valence-electron chi connectivity index (χ2n) is 3.45. The molecule has 1 aliphatic rings. The van der Waals surface area contributed by atoms with Crippen LogP contribution in [-0.2, 0) is 20.6 Å². The van der Waals surface area contributed by atoms with E-state index >= 15 is 0 Å². The summed E-state index contributed by atoms with van der Waals surface area (Å²) in [6.07, 6.45) is 1.83. The summed E-state index contributed by atoms with van der Waals surface area (Å²) in [5.74, 6) is -1.38. The van der Waals surface area contributed by atoms with Crippen molar-refractivity contribution in [2.24, 2.45) is 0 Å². The fourth-order valence-electron chi connectivity index (χ4n) is 1.34. The first-order valence-corrected chi connectivity index (χ1v) is 6.82. The van der Waals surface area contributed by atoms with Gasteiger partial charge in [-0.15, -0.1) is 0 Å². The van der Waals surface area contributed by atoms with Crippen LogP contribution in [0.2, 0.25) is 0 Å². The van der Waals surface area contributed by atoms with Crippen LogP contribution in [0.15, 0.2) is 9.40 Å². The lowest BCUT2D eigenvalue weighted by molar-refractivity contribution is -0.137. The number of carboxylic acid groups (broad SMARTS) is 1. The number of unbranched alkanes of at least 4 members (excludes halogenated alkanes) is 2. The Morgan fingerprint density at radius 3 is 2.41 bits per heavy atom. The van der Waals surface area contributed by atoms with Gasteiger partial charge in [0.2, 0.25) is 0 Å². The van der Waals surface area contributed by atoms with Gasteiger partial charge in [0, 0.05) is 13.0 Å². The molecule has 0 saturated heterocycles. The van der Waals surface area contributed by atoms with Gasteiger partial charge in [0.15, 0.2) is 15.3 Å². The summed E-state index contributed by atoms with van der Waals surface area (Å²) in [6, 6.07) is 0. The summed E-state index contributed by atoms with van der Waals surface area (Å²) < 4.78 is 12.5. The Bertz CT molecular complexity index is 372. The highest BCUT2D eigenvalue weighted by molar-refractivity contribution is 7.89. The molecule has 1 heterocycles. The molecule has 0 bridgehead atoms. The van der Waals surface area contributed by atoms with Gasteiger partial charge in [-0.2, -0.15) is 0 Å². The van der Waals surface area contributed by atoms with Gasteiger partial charge in [-0.3, -0.25) is 13.9 Å². The average molecular weight is 300 g/mol. The lowest BCUT2D eigenvalue weighted by Gasteiger charge is -2.13. The van der Waals surface area contributed by atoms with Gasteiger partial charge in [-0.1, -0.05) is 29.6 Å². The zero-order chi connectivity index (χ0) is 13.0. The minimum Gasteiger partial charge on any atom is -0.481 e. The molecule has 1 aliphatic heterocycles. The topological polar surface area (TPSA) is 74.7 Å². The number of carboxylic acids is 1. The largest absolute Gasteiger partial charge is 0.481 e. The quantitative estimate of drug-likeness (QED) is 0.759. The van der Waals surface area contributed by atoms with E-state index in [4.69, 9.17) is 28.3 Å². The van der Waals surface area contributed by atoms with Crippen molar-refractivity contribution in [3.63, 3.8) is 0 Å². The Balaban J connectivity index is 2.33. The first-order valence-electron chi connectivity index (χ1n) is 4.96. The molecular weight excluding hydrogens is 289 g/mol. The summed E-state index contributed by atoms with van der Waals surface area (Å²) in [5, 5.41) is 8.22. The van der Waals surface area contributed by atoms with Crippen molar-refractivity contribution < 1.29 is 18.9 Å². The van der Waals surface area contributed by atoms with Crippen LogP contribution >= 0.6 is 23.2 Å². The number of hydrogen-bond donors (Lipinski definition) is 1. The average Bonchev–Trinajstić information content (AvgIpc) is 2.45. The predicted octanol–water partition coefficient (Wildman–Crippen LogP) is 1.78. The zero-order valence-electron chi connectivity index (χ0n) is 8.82. The van der Waals surface area contributed by atoms with Crippen molar-refractivity contribution in [1.29, 1.82) is 0 Å². The van der Waals surface area contributed by atoms with Crippen molar-refractivity contribution in [3.05, 3.63) is 9.40 Å². The first-order chi connectivity index (χ1) is 7.95. The normalized spacial score (nSPS) is 20.2. The Labute approximate surface area is 111 Å². The van der Waals surface area contributed by atoms with Crippen LogP contribution in [0.5, 0.6) is 0 Å². The molecule has 1 rings (SSSR count). The van der Waals surface area contributed by atoms with E-state index in [0.717, 1.165) is 4.31 Å². The van der Waals surface area contributed by atoms with Crippen molar-refractivity contribution in [2.75, 3.05) is 6.54 Å². The van der Waals surface area contributed by atoms with Gasteiger partial charge in [0.1, 0.15) is 5.03 Å². The summed E-state index contributed by atoms with van der Waals surface area (Å²) in [4.78, 5) is 21.7. The van der Waals surface area contributed by atoms with E-state index < -0.39 is 22.9 Å². The van der Waals surface area contributed by atoms with Crippen molar-refractivity contribution >= 4 is 46.1 Å². The minimum absolute atomic E-state index is 0.0940. The third-order valence-corrected chi connectivity index (χ3v) is 4.60. The highest BCUT2D eigenvalue weighted by Gasteiger charge is 2.35. The van der Waals surface area contributed by atoms with Crippen LogP contribution in [0.1, 0.15) is 25.7 Å². The van der Waals surface area contributed by atoms with E-state index in [2.05, 4.69) is 0 Å². The lowest BCUT2D eigenvalue weighted by Crippen LogP contribution is -2.28. The maximum atomic E-state index is 11.5. The predicted molar refractivity (Wildman–Crippen MR) is 64.7 cm³/mol. The van der Waals surface area contributed by atoms with E-state index in [1.165, 1.54) is 0 Å². The number of nitrogens with zero attached hydrogens (tertiary/aromatic N) is 1. The number of aliphatic carboxylic acids is 1. The lowest BCUT2D eigenvalue weighted by atomic mass is 10.2. The molecule has 17 heavy (non-hydrogen) atoms. The van der Waals surface area contributed by atoms with Crippen LogP contribution in [-0.4, -0.2) is 32.0 Å². The van der Waals surface area contributed by atoms with Crippen molar-refractivity contribution in [2.45, 2.75) is 25.7 Å². The second-order valence-corrected chi connectivity index (χ2v) is 5.78. The number of carbonyl (C=O) groups excluding carboxylic acids is 1. The molecule has 0 aromatic rings. The van der Waals surface area contributed by atoms with E-state index in [-0.39, 0.29) is 22.4 Å². The number of halogens is 2. The summed E-state index contributed by atoms with van der Waals surface area (Å²) in [6.45, 7) is 0.261. The third-order valence-electron chi connectivity index (χ3n) is 2.19. The van der Waals surface area contributed by atoms with E-state index in [0.29, 0.717) is 19.3 Å². The number of rotatable bonds is 6. The van der Waals surface area contributed by atoms with Crippen molar-refractivity contribution in [3.8, 4) is 0 Å².